The third-order valence-electron chi connectivity index (χ3n) is 11.8. The number of para-hydroxylation sites is 2. The fourth-order valence-corrected chi connectivity index (χ4v) is 8.15. The van der Waals surface area contributed by atoms with Crippen molar-refractivity contribution < 1.29 is 29.3 Å². The molecule has 320 valence electrons. The second-order valence-corrected chi connectivity index (χ2v) is 16.8. The standard InChI is InChI=1S/C20H21N5O2.C16H13FN4O.C5H10O.C4H9NO/c1-10-19(23-11-7-12(26)8-11)25-18-13(3-2-4-16(18)22-10)17-9-14-15(24-17)5-6-21-20(14)27;1-8-15(17)21-14-9(3-2-4-12(14)19-8)13-7-10-11(20-13)5-6-18-16(10)22;1-4-2-5(6)3-4;5-3-1-4(6)2-3/h2-4,9,11-12,24,26H,5-8H2,1H3,(H,21,27)(H,23,25);2-4,7,20H,5-6H2,1H3,(H,18,22);4-6H,2-3H2,1H3;3-4,6H,1-2,5H2. The molecular weight excluding hydrogens is 780 g/mol. The van der Waals surface area contributed by atoms with Gasteiger partial charge in [-0.15, -0.1) is 0 Å². The van der Waals surface area contributed by atoms with Gasteiger partial charge in [-0.25, -0.2) is 19.9 Å². The van der Waals surface area contributed by atoms with Crippen LogP contribution in [-0.2, 0) is 12.8 Å². The van der Waals surface area contributed by atoms with Gasteiger partial charge in [0.15, 0.2) is 0 Å². The SMILES string of the molecule is CC1CC(O)C1.Cc1nc2cccc(-c3cc4c([nH]3)CCNC4=O)c2nc1F.Cc1nc2cccc(-c3cc4c([nH]3)CCNC4=O)c2nc1NC1CC(O)C1.NC1CC(O)C1. The van der Waals surface area contributed by atoms with Gasteiger partial charge in [0.2, 0.25) is 5.95 Å². The first-order chi connectivity index (χ1) is 29.3. The monoisotopic (exact) mass is 832 g/mol. The van der Waals surface area contributed by atoms with Crippen LogP contribution in [0.25, 0.3) is 44.6 Å². The molecule has 11 rings (SSSR count). The zero-order valence-corrected chi connectivity index (χ0v) is 34.6. The number of halogens is 1. The topological polar surface area (TPSA) is 240 Å². The maximum absolute atomic E-state index is 13.8. The summed E-state index contributed by atoms with van der Waals surface area (Å²) < 4.78 is 13.8. The van der Waals surface area contributed by atoms with Gasteiger partial charge in [0.05, 0.1) is 51.9 Å². The number of amides is 2. The van der Waals surface area contributed by atoms with E-state index in [-0.39, 0.29) is 41.9 Å². The van der Waals surface area contributed by atoms with Crippen LogP contribution in [-0.4, -0.2) is 101 Å². The van der Waals surface area contributed by atoms with Gasteiger partial charge in [0.25, 0.3) is 11.8 Å². The lowest BCUT2D eigenvalue weighted by molar-refractivity contribution is 0.0513. The number of fused-ring (bicyclic) bond motifs is 4. The molecular formula is C45H53FN10O5. The Kier molecular flexibility index (Phi) is 12.1. The van der Waals surface area contributed by atoms with E-state index in [0.717, 1.165) is 114 Å². The van der Waals surface area contributed by atoms with Crippen LogP contribution >= 0.6 is 0 Å². The highest BCUT2D eigenvalue weighted by atomic mass is 19.1. The van der Waals surface area contributed by atoms with E-state index in [4.69, 9.17) is 25.9 Å². The maximum atomic E-state index is 13.8. The molecule has 0 spiro atoms. The Morgan fingerprint density at radius 2 is 1.16 bits per heavy atom. The Morgan fingerprint density at radius 3 is 1.59 bits per heavy atom. The highest BCUT2D eigenvalue weighted by Crippen LogP contribution is 2.33. The maximum Gasteiger partial charge on any atom is 0.253 e. The first kappa shape index (κ1) is 41.9. The summed E-state index contributed by atoms with van der Waals surface area (Å²) in [5.74, 6) is 0.846. The molecule has 0 bridgehead atoms. The van der Waals surface area contributed by atoms with E-state index in [0.29, 0.717) is 41.3 Å². The lowest BCUT2D eigenvalue weighted by atomic mass is 9.84. The van der Waals surface area contributed by atoms with Crippen LogP contribution in [0.4, 0.5) is 10.2 Å². The lowest BCUT2D eigenvalue weighted by Crippen LogP contribution is -2.39. The number of carbonyl (C=O) groups is 2. The zero-order valence-electron chi connectivity index (χ0n) is 34.6. The third-order valence-corrected chi connectivity index (χ3v) is 11.8. The minimum absolute atomic E-state index is 0.0354. The summed E-state index contributed by atoms with van der Waals surface area (Å²) in [6.07, 6.45) is 6.43. The van der Waals surface area contributed by atoms with Gasteiger partial charge in [-0.3, -0.25) is 9.59 Å². The molecule has 3 fully saturated rings. The van der Waals surface area contributed by atoms with Crippen molar-refractivity contribution in [2.24, 2.45) is 11.7 Å². The van der Waals surface area contributed by atoms with E-state index in [1.165, 1.54) is 0 Å². The van der Waals surface area contributed by atoms with Crippen LogP contribution in [0.3, 0.4) is 0 Å². The molecule has 0 saturated heterocycles. The van der Waals surface area contributed by atoms with Crippen molar-refractivity contribution in [2.45, 2.75) is 103 Å². The highest BCUT2D eigenvalue weighted by Gasteiger charge is 2.29. The summed E-state index contributed by atoms with van der Waals surface area (Å²) in [5.41, 5.74) is 15.7. The summed E-state index contributed by atoms with van der Waals surface area (Å²) in [4.78, 5) is 48.4. The Morgan fingerprint density at radius 1 is 0.672 bits per heavy atom. The Bertz CT molecular complexity index is 2550. The molecule has 15 nitrogen and oxygen atoms in total. The predicted molar refractivity (Wildman–Crippen MR) is 230 cm³/mol. The molecule has 16 heteroatoms. The van der Waals surface area contributed by atoms with E-state index in [9.17, 15) is 19.1 Å². The number of rotatable bonds is 4. The van der Waals surface area contributed by atoms with Gasteiger partial charge < -0.3 is 47.0 Å². The van der Waals surface area contributed by atoms with E-state index < -0.39 is 5.95 Å². The normalized spacial score (nSPS) is 23.4. The van der Waals surface area contributed by atoms with Crippen molar-refractivity contribution in [3.8, 4) is 22.5 Å². The number of aryl methyl sites for hydroxylation is 2. The summed E-state index contributed by atoms with van der Waals surface area (Å²) in [6.45, 7) is 6.96. The molecule has 5 aliphatic rings. The molecule has 2 amide bonds. The number of nitrogens with zero attached hydrogens (tertiary/aromatic N) is 4. The number of H-pyrrole nitrogens is 2. The number of anilines is 1. The number of carbonyl (C=O) groups excluding carboxylic acids is 2. The average molecular weight is 833 g/mol. The number of aromatic nitrogens is 6. The molecule has 0 radical (unpaired) electrons. The van der Waals surface area contributed by atoms with Crippen LogP contribution in [0.2, 0.25) is 0 Å². The number of benzene rings is 2. The minimum Gasteiger partial charge on any atom is -0.393 e. The molecule has 10 N–H and O–H groups in total. The van der Waals surface area contributed by atoms with E-state index >= 15 is 0 Å². The van der Waals surface area contributed by atoms with Crippen molar-refractivity contribution in [1.82, 2.24) is 40.5 Å². The first-order valence-electron chi connectivity index (χ1n) is 21.1. The van der Waals surface area contributed by atoms with Crippen LogP contribution < -0.4 is 21.7 Å². The number of aliphatic hydroxyl groups excluding tert-OH is 3. The van der Waals surface area contributed by atoms with E-state index in [2.05, 4.69) is 42.8 Å². The van der Waals surface area contributed by atoms with Gasteiger partial charge in [0, 0.05) is 71.9 Å². The predicted octanol–water partition coefficient (Wildman–Crippen LogP) is 4.76. The average Bonchev–Trinajstić information content (AvgIpc) is 3.84. The largest absolute Gasteiger partial charge is 0.393 e. The van der Waals surface area contributed by atoms with E-state index in [1.54, 1.807) is 19.1 Å². The molecule has 2 aliphatic heterocycles. The zero-order chi connectivity index (χ0) is 42.9. The number of aliphatic hydroxyl groups is 3. The number of hydrogen-bond acceptors (Lipinski definition) is 11. The first-order valence-corrected chi connectivity index (χ1v) is 21.1. The van der Waals surface area contributed by atoms with Crippen LogP contribution in [0.1, 0.15) is 88.9 Å². The smallest absolute Gasteiger partial charge is 0.253 e. The highest BCUT2D eigenvalue weighted by molar-refractivity contribution is 6.00. The van der Waals surface area contributed by atoms with Crippen molar-refractivity contribution >= 4 is 39.7 Å². The lowest BCUT2D eigenvalue weighted by Gasteiger charge is -2.32. The summed E-state index contributed by atoms with van der Waals surface area (Å²) >= 11 is 0. The Labute approximate surface area is 352 Å². The molecule has 0 atom stereocenters. The Balaban J connectivity index is 0.000000134. The second kappa shape index (κ2) is 17.7. The second-order valence-electron chi connectivity index (χ2n) is 16.8. The molecule has 6 heterocycles. The van der Waals surface area contributed by atoms with Gasteiger partial charge in [-0.2, -0.15) is 4.39 Å². The number of hydrogen-bond donors (Lipinski definition) is 9. The fourth-order valence-electron chi connectivity index (χ4n) is 8.15. The molecule has 3 aliphatic carbocycles. The molecule has 61 heavy (non-hydrogen) atoms. The summed E-state index contributed by atoms with van der Waals surface area (Å²) in [6, 6.07) is 15.6. The van der Waals surface area contributed by atoms with Gasteiger partial charge in [-0.1, -0.05) is 31.2 Å². The number of nitrogens with one attached hydrogen (secondary N) is 5. The van der Waals surface area contributed by atoms with Crippen LogP contribution in [0, 0.1) is 25.7 Å². The van der Waals surface area contributed by atoms with Crippen LogP contribution in [0.15, 0.2) is 48.5 Å². The quantitative estimate of drug-likeness (QED) is 0.117. The number of aromatic amines is 2. The molecule has 4 aromatic heterocycles. The van der Waals surface area contributed by atoms with Gasteiger partial charge in [0.1, 0.15) is 16.9 Å². The van der Waals surface area contributed by atoms with Gasteiger partial charge in [-0.05, 0) is 82.6 Å². The molecule has 2 aromatic carbocycles. The van der Waals surface area contributed by atoms with Crippen molar-refractivity contribution in [1.29, 1.82) is 0 Å². The van der Waals surface area contributed by atoms with Crippen molar-refractivity contribution in [3.63, 3.8) is 0 Å². The summed E-state index contributed by atoms with van der Waals surface area (Å²) in [7, 11) is 0. The molecule has 3 saturated carbocycles. The molecule has 6 aromatic rings. The van der Waals surface area contributed by atoms with Crippen molar-refractivity contribution in [3.05, 3.63) is 88.4 Å². The third kappa shape index (κ3) is 9.27. The van der Waals surface area contributed by atoms with E-state index in [1.807, 2.05) is 43.3 Å². The number of nitrogens with two attached hydrogens (primary N) is 1. The summed E-state index contributed by atoms with van der Waals surface area (Å²) in [5, 5.41) is 35.8. The molecule has 0 unspecified atom stereocenters. The Hall–Kier alpha value is -5.81. The fraction of sp³-hybridized carbons (Fsp3) is 0.422. The van der Waals surface area contributed by atoms with Crippen LogP contribution in [0.5, 0.6) is 0 Å². The van der Waals surface area contributed by atoms with Crippen molar-refractivity contribution in [2.75, 3.05) is 18.4 Å². The van der Waals surface area contributed by atoms with Gasteiger partial charge >= 0.3 is 0 Å². The minimum atomic E-state index is -0.575.